The topological polar surface area (TPSA) is 30.7 Å². The summed E-state index contributed by atoms with van der Waals surface area (Å²) in [5.41, 5.74) is 9.94. The quantitative estimate of drug-likeness (QED) is 0.150. The predicted octanol–water partition coefficient (Wildman–Crippen LogP) is 12.1. The summed E-state index contributed by atoms with van der Waals surface area (Å²) in [6, 6.07) is 47.0. The van der Waals surface area contributed by atoms with Crippen molar-refractivity contribution in [2.75, 3.05) is 0 Å². The summed E-state index contributed by atoms with van der Waals surface area (Å²) in [5.74, 6) is 1.51. The molecule has 1 radical (unpaired) electrons. The molecule has 3 heterocycles. The molecule has 0 aliphatic carbocycles. The third-order valence-electron chi connectivity index (χ3n) is 8.57. The minimum Gasteiger partial charge on any atom is -0.333 e. The van der Waals surface area contributed by atoms with Crippen LogP contribution < -0.4 is 0 Å². The summed E-state index contributed by atoms with van der Waals surface area (Å²) in [4.78, 5) is 9.39. The Morgan fingerprint density at radius 1 is 0.740 bits per heavy atom. The Bertz CT molecular complexity index is 2340. The van der Waals surface area contributed by atoms with Crippen LogP contribution in [0.25, 0.3) is 49.5 Å². The number of thiophene rings is 1. The summed E-state index contributed by atoms with van der Waals surface area (Å²) >= 11 is 1.56. The molecule has 0 saturated carbocycles. The van der Waals surface area contributed by atoms with E-state index in [9.17, 15) is 0 Å². The number of aromatic nitrogens is 3. The number of para-hydroxylation sites is 3. The van der Waals surface area contributed by atoms with Crippen molar-refractivity contribution >= 4 is 32.5 Å². The Kier molecular flexibility index (Phi) is 10.3. The second kappa shape index (κ2) is 15.9. The van der Waals surface area contributed by atoms with Crippen LogP contribution in [0, 0.1) is 11.4 Å². The molecule has 50 heavy (non-hydrogen) atoms. The van der Waals surface area contributed by atoms with Gasteiger partial charge in [0.05, 0.1) is 16.9 Å². The summed E-state index contributed by atoms with van der Waals surface area (Å²) in [6.07, 6.45) is 0.167. The molecule has 0 bridgehead atoms. The summed E-state index contributed by atoms with van der Waals surface area (Å²) < 4.78 is 21.3. The number of imidazole rings is 1. The smallest absolute Gasteiger partial charge is 0.0774 e. The van der Waals surface area contributed by atoms with Crippen LogP contribution in [0.2, 0.25) is 0 Å². The van der Waals surface area contributed by atoms with Crippen molar-refractivity contribution in [2.45, 2.75) is 45.9 Å². The Labute approximate surface area is 315 Å². The molecule has 3 nitrogen and oxygen atoms in total. The van der Waals surface area contributed by atoms with Crippen LogP contribution in [0.5, 0.6) is 0 Å². The molecule has 0 fully saturated rings. The van der Waals surface area contributed by atoms with Crippen LogP contribution in [0.15, 0.2) is 140 Å². The van der Waals surface area contributed by atoms with Gasteiger partial charge < -0.3 is 9.55 Å². The first kappa shape index (κ1) is 32.5. The number of hydrogen-bond donors (Lipinski definition) is 0. The molecule has 3 aromatic heterocycles. The molecular formula is C45H39IrN3S-2. The molecule has 0 atom stereocenters. The van der Waals surface area contributed by atoms with E-state index in [1.54, 1.807) is 17.5 Å². The monoisotopic (exact) mass is 848 g/mol. The molecule has 251 valence electrons. The van der Waals surface area contributed by atoms with Crippen LogP contribution in [0.4, 0.5) is 0 Å². The number of fused-ring (bicyclic) bond motifs is 2. The molecule has 0 N–H and O–H groups in total. The molecule has 0 spiro atoms. The van der Waals surface area contributed by atoms with E-state index in [1.165, 1.54) is 16.8 Å². The second-order valence-electron chi connectivity index (χ2n) is 12.6. The van der Waals surface area contributed by atoms with E-state index < -0.39 is 6.37 Å². The van der Waals surface area contributed by atoms with Gasteiger partial charge in [-0.25, -0.2) is 0 Å². The van der Waals surface area contributed by atoms with E-state index >= 15 is 0 Å². The van der Waals surface area contributed by atoms with E-state index in [-0.39, 0.29) is 20.1 Å². The number of nitrogens with zero attached hydrogens (tertiary/aromatic N) is 3. The largest absolute Gasteiger partial charge is 0.333 e. The Hall–Kier alpha value is -4.67. The molecule has 5 aromatic carbocycles. The van der Waals surface area contributed by atoms with Gasteiger partial charge in [0.1, 0.15) is 0 Å². The number of benzene rings is 5. The van der Waals surface area contributed by atoms with Gasteiger partial charge in [-0.2, -0.15) is 0 Å². The van der Waals surface area contributed by atoms with Gasteiger partial charge in [0, 0.05) is 34.7 Å². The average molecular weight is 848 g/mol. The normalized spacial score (nSPS) is 12.0. The van der Waals surface area contributed by atoms with Crippen LogP contribution in [0.1, 0.15) is 64.5 Å². The molecule has 0 aliphatic heterocycles. The maximum absolute atomic E-state index is 8.97. The van der Waals surface area contributed by atoms with Crippen molar-refractivity contribution < 1.29 is 22.8 Å². The fourth-order valence-electron chi connectivity index (χ4n) is 6.17. The van der Waals surface area contributed by atoms with Crippen molar-refractivity contribution in [3.8, 4) is 28.3 Å². The van der Waals surface area contributed by atoms with Crippen molar-refractivity contribution in [1.29, 1.82) is 0 Å². The van der Waals surface area contributed by atoms with Crippen LogP contribution in [-0.2, 0) is 26.5 Å². The Morgan fingerprint density at radius 2 is 1.46 bits per heavy atom. The molecule has 0 saturated heterocycles. The van der Waals surface area contributed by atoms with Gasteiger partial charge in [0.25, 0.3) is 0 Å². The summed E-state index contributed by atoms with van der Waals surface area (Å²) in [7, 11) is 0. The Morgan fingerprint density at radius 3 is 2.16 bits per heavy atom. The van der Waals surface area contributed by atoms with E-state index in [1.807, 2.05) is 97.1 Å². The maximum Gasteiger partial charge on any atom is 0.0774 e. The van der Waals surface area contributed by atoms with Crippen LogP contribution >= 0.6 is 11.3 Å². The van der Waals surface area contributed by atoms with Gasteiger partial charge >= 0.3 is 0 Å². The number of hydrogen-bond acceptors (Lipinski definition) is 3. The first-order valence-corrected chi connectivity index (χ1v) is 17.5. The molecule has 8 rings (SSSR count). The van der Waals surface area contributed by atoms with Gasteiger partial charge in [-0.15, -0.1) is 47.3 Å². The molecule has 0 aliphatic rings. The fraction of sp³-hybridized carbons (Fsp3) is 0.156. The van der Waals surface area contributed by atoms with Crippen molar-refractivity contribution in [1.82, 2.24) is 14.5 Å². The third kappa shape index (κ3) is 7.41. The number of pyridine rings is 1. The maximum atomic E-state index is 8.97. The summed E-state index contributed by atoms with van der Waals surface area (Å²) in [6.45, 7) is 8.97. The van der Waals surface area contributed by atoms with Crippen molar-refractivity contribution in [3.05, 3.63) is 173 Å². The van der Waals surface area contributed by atoms with Gasteiger partial charge in [-0.3, -0.25) is 16.3 Å². The van der Waals surface area contributed by atoms with Gasteiger partial charge in [-0.1, -0.05) is 134 Å². The van der Waals surface area contributed by atoms with Gasteiger partial charge in [-0.05, 0) is 58.8 Å². The second-order valence-corrected chi connectivity index (χ2v) is 13.5. The average Bonchev–Trinajstić information content (AvgIpc) is 3.77. The van der Waals surface area contributed by atoms with E-state index in [0.29, 0.717) is 23.0 Å². The van der Waals surface area contributed by atoms with E-state index in [4.69, 9.17) is 7.73 Å². The third-order valence-corrected chi connectivity index (χ3v) is 9.46. The Balaban J connectivity index is 0.000000302. The standard InChI is InChI=1S/C34H31N2S.C11H8N.Ir/c1-22(2)26-13-10-14-27(23(3)4)33(26)36-31-16-9-8-15-30(31)35-34(36)29-21-37-32-18-17-25(20-28(29)32)19-24-11-6-5-7-12-24;1-2-6-10(7-3-1)11-8-4-5-9-12-11;/h5-18,20,22-23H,19H2,1-4H3;1-6,8-9H;/q2*-1;/i19D2;;. The van der Waals surface area contributed by atoms with Gasteiger partial charge in [0.15, 0.2) is 0 Å². The van der Waals surface area contributed by atoms with Crippen LogP contribution in [-0.4, -0.2) is 14.5 Å². The fourth-order valence-corrected chi connectivity index (χ4v) is 6.99. The van der Waals surface area contributed by atoms with Crippen LogP contribution in [0.3, 0.4) is 0 Å². The minimum absolute atomic E-state index is 0. The van der Waals surface area contributed by atoms with Gasteiger partial charge in [0.2, 0.25) is 0 Å². The van der Waals surface area contributed by atoms with Crippen molar-refractivity contribution in [2.24, 2.45) is 0 Å². The first-order valence-electron chi connectivity index (χ1n) is 17.7. The minimum atomic E-state index is -1.62. The van der Waals surface area contributed by atoms with Crippen molar-refractivity contribution in [3.63, 3.8) is 0 Å². The molecule has 0 amide bonds. The summed E-state index contributed by atoms with van der Waals surface area (Å²) in [5, 5.41) is 4.53. The molecule has 5 heteroatoms. The predicted molar refractivity (Wildman–Crippen MR) is 207 cm³/mol. The molecule has 0 unspecified atom stereocenters. The van der Waals surface area contributed by atoms with E-state index in [2.05, 4.69) is 85.1 Å². The zero-order valence-corrected chi connectivity index (χ0v) is 31.7. The zero-order valence-electron chi connectivity index (χ0n) is 30.5. The molecule has 8 aromatic rings. The number of rotatable bonds is 7. The molecular weight excluding hydrogens is 807 g/mol. The van der Waals surface area contributed by atoms with E-state index in [0.717, 1.165) is 43.8 Å². The zero-order chi connectivity index (χ0) is 35.5. The SMILES string of the molecule is [2H]C([2H])(c1ccccc1)c1ccc2s[c-]c(-c3nc4ccccc4n3-c3c(C(C)C)cccc3C(C)C)c2c1.[Ir].[c-]1ccccc1-c1ccccn1. The first-order chi connectivity index (χ1) is 24.7.